The first-order valence-electron chi connectivity index (χ1n) is 6.61. The number of aryl methyl sites for hydroxylation is 2. The molecule has 21 heavy (non-hydrogen) atoms. The summed E-state index contributed by atoms with van der Waals surface area (Å²) in [5.74, 6) is 0.237. The van der Waals surface area contributed by atoms with E-state index in [2.05, 4.69) is 9.88 Å². The molecule has 0 saturated carbocycles. The normalized spacial score (nSPS) is 21.5. The van der Waals surface area contributed by atoms with Crippen molar-refractivity contribution in [1.82, 2.24) is 9.88 Å². The number of sulfonamides is 1. The van der Waals surface area contributed by atoms with E-state index in [0.717, 1.165) is 11.1 Å². The second-order valence-electron chi connectivity index (χ2n) is 5.22. The molecule has 2 N–H and O–H groups in total. The van der Waals surface area contributed by atoms with Gasteiger partial charge in [0.05, 0.1) is 12.1 Å². The van der Waals surface area contributed by atoms with Crippen molar-refractivity contribution >= 4 is 10.0 Å². The van der Waals surface area contributed by atoms with Crippen LogP contribution in [-0.4, -0.2) is 24.8 Å². The van der Waals surface area contributed by atoms with Crippen molar-refractivity contribution in [3.8, 4) is 0 Å². The monoisotopic (exact) mass is 308 g/mol. The van der Waals surface area contributed by atoms with Crippen LogP contribution in [0, 0.1) is 13.8 Å². The molecule has 0 unspecified atom stereocenters. The maximum Gasteiger partial charge on any atom is 0.246 e. The van der Waals surface area contributed by atoms with E-state index in [0.29, 0.717) is 12.1 Å². The molecule has 6 nitrogen and oxygen atoms in total. The van der Waals surface area contributed by atoms with Crippen molar-refractivity contribution in [2.24, 2.45) is 0 Å². The van der Waals surface area contributed by atoms with Crippen LogP contribution in [0.4, 0.5) is 0 Å². The number of fused-ring (bicyclic) bond motifs is 1. The van der Waals surface area contributed by atoms with Crippen molar-refractivity contribution in [2.45, 2.75) is 37.3 Å². The van der Waals surface area contributed by atoms with Gasteiger partial charge in [0.1, 0.15) is 10.6 Å². The van der Waals surface area contributed by atoms with Crippen LogP contribution in [0.2, 0.25) is 0 Å². The van der Waals surface area contributed by atoms with Crippen LogP contribution in [0.15, 0.2) is 33.7 Å². The Labute approximate surface area is 122 Å². The molecule has 3 rings (SSSR count). The fraction of sp³-hybridized carbons (Fsp3) is 0.357. The van der Waals surface area contributed by atoms with Gasteiger partial charge in [0.2, 0.25) is 10.0 Å². The predicted molar refractivity (Wildman–Crippen MR) is 75.2 cm³/mol. The Balaban J connectivity index is 1.97. The lowest BCUT2D eigenvalue weighted by molar-refractivity contribution is 0.151. The minimum absolute atomic E-state index is 0.0408. The Morgan fingerprint density at radius 3 is 2.71 bits per heavy atom. The Morgan fingerprint density at radius 1 is 1.33 bits per heavy atom. The van der Waals surface area contributed by atoms with Gasteiger partial charge in [-0.15, -0.1) is 0 Å². The van der Waals surface area contributed by atoms with Crippen molar-refractivity contribution < 1.29 is 18.0 Å². The number of nitrogens with one attached hydrogen (secondary N) is 1. The summed E-state index contributed by atoms with van der Waals surface area (Å²) in [5, 5.41) is 13.8. The fourth-order valence-electron chi connectivity index (χ4n) is 2.80. The molecule has 0 bridgehead atoms. The SMILES string of the molecule is Cc1noc(C)c1S(=O)(=O)N[C@@H]1c2ccccc2C[C@@H]1O. The summed E-state index contributed by atoms with van der Waals surface area (Å²) in [7, 11) is -3.80. The first-order chi connectivity index (χ1) is 9.90. The third-order valence-electron chi connectivity index (χ3n) is 3.72. The Morgan fingerprint density at radius 2 is 2.05 bits per heavy atom. The van der Waals surface area contributed by atoms with Crippen molar-refractivity contribution in [3.63, 3.8) is 0 Å². The van der Waals surface area contributed by atoms with E-state index in [-0.39, 0.29) is 10.7 Å². The number of benzene rings is 1. The van der Waals surface area contributed by atoms with Crippen molar-refractivity contribution in [1.29, 1.82) is 0 Å². The third kappa shape index (κ3) is 2.37. The zero-order chi connectivity index (χ0) is 15.2. The van der Waals surface area contributed by atoms with Gasteiger partial charge >= 0.3 is 0 Å². The third-order valence-corrected chi connectivity index (χ3v) is 5.41. The lowest BCUT2D eigenvalue weighted by Gasteiger charge is -2.17. The quantitative estimate of drug-likeness (QED) is 0.889. The molecule has 0 saturated heterocycles. The molecule has 2 atom stereocenters. The van der Waals surface area contributed by atoms with Gasteiger partial charge in [-0.05, 0) is 25.0 Å². The van der Waals surface area contributed by atoms with Gasteiger partial charge in [0.15, 0.2) is 5.76 Å². The first-order valence-corrected chi connectivity index (χ1v) is 8.09. The molecule has 1 aromatic heterocycles. The highest BCUT2D eigenvalue weighted by molar-refractivity contribution is 7.89. The molecule has 1 aromatic carbocycles. The standard InChI is InChI=1S/C14H16N2O4S/c1-8-14(9(2)20-15-8)21(18,19)16-13-11-6-4-3-5-10(11)7-12(13)17/h3-6,12-13,16-17H,7H2,1-2H3/t12-,13+/m0/s1. The number of aliphatic hydroxyl groups excluding tert-OH is 1. The summed E-state index contributed by atoms with van der Waals surface area (Å²) in [6.07, 6.45) is -0.344. The zero-order valence-electron chi connectivity index (χ0n) is 11.7. The Kier molecular flexibility index (Phi) is 3.35. The van der Waals surface area contributed by atoms with Crippen LogP contribution in [0.1, 0.15) is 28.6 Å². The minimum Gasteiger partial charge on any atom is -0.391 e. The molecule has 0 fully saturated rings. The number of nitrogens with zero attached hydrogens (tertiary/aromatic N) is 1. The highest BCUT2D eigenvalue weighted by Gasteiger charge is 2.36. The molecule has 2 aromatic rings. The van der Waals surface area contributed by atoms with E-state index >= 15 is 0 Å². The maximum absolute atomic E-state index is 12.5. The van der Waals surface area contributed by atoms with Gasteiger partial charge in [-0.25, -0.2) is 13.1 Å². The average Bonchev–Trinajstić information content (AvgIpc) is 2.91. The van der Waals surface area contributed by atoms with Gasteiger partial charge in [0, 0.05) is 6.42 Å². The van der Waals surface area contributed by atoms with Crippen LogP contribution < -0.4 is 4.72 Å². The van der Waals surface area contributed by atoms with E-state index < -0.39 is 22.2 Å². The molecule has 0 spiro atoms. The van der Waals surface area contributed by atoms with Crippen LogP contribution in [-0.2, 0) is 16.4 Å². The molecular weight excluding hydrogens is 292 g/mol. The van der Waals surface area contributed by atoms with E-state index in [4.69, 9.17) is 4.52 Å². The summed E-state index contributed by atoms with van der Waals surface area (Å²) in [6.45, 7) is 3.12. The Hall–Kier alpha value is -1.70. The topological polar surface area (TPSA) is 92.4 Å². The number of hydrogen-bond acceptors (Lipinski definition) is 5. The van der Waals surface area contributed by atoms with E-state index in [1.807, 2.05) is 24.3 Å². The largest absolute Gasteiger partial charge is 0.391 e. The summed E-state index contributed by atoms with van der Waals surface area (Å²) in [4.78, 5) is 0.0408. The van der Waals surface area contributed by atoms with Gasteiger partial charge in [-0.2, -0.15) is 0 Å². The summed E-state index contributed by atoms with van der Waals surface area (Å²) >= 11 is 0. The first kappa shape index (κ1) is 14.2. The summed E-state index contributed by atoms with van der Waals surface area (Å²) in [5.41, 5.74) is 2.07. The molecule has 1 aliphatic carbocycles. The fourth-order valence-corrected chi connectivity index (χ4v) is 4.38. The van der Waals surface area contributed by atoms with Crippen LogP contribution in [0.25, 0.3) is 0 Å². The lowest BCUT2D eigenvalue weighted by atomic mass is 10.1. The minimum atomic E-state index is -3.80. The highest BCUT2D eigenvalue weighted by Crippen LogP contribution is 2.33. The molecular formula is C14H16N2O4S. The summed E-state index contributed by atoms with van der Waals surface area (Å²) in [6, 6.07) is 6.76. The zero-order valence-corrected chi connectivity index (χ0v) is 12.5. The van der Waals surface area contributed by atoms with E-state index in [1.165, 1.54) is 0 Å². The maximum atomic E-state index is 12.5. The second-order valence-corrected chi connectivity index (χ2v) is 6.87. The number of hydrogen-bond donors (Lipinski definition) is 2. The second kappa shape index (κ2) is 4.94. The highest BCUT2D eigenvalue weighted by atomic mass is 32.2. The molecule has 0 radical (unpaired) electrons. The van der Waals surface area contributed by atoms with Crippen LogP contribution >= 0.6 is 0 Å². The van der Waals surface area contributed by atoms with Crippen LogP contribution in [0.5, 0.6) is 0 Å². The van der Waals surface area contributed by atoms with Gasteiger partial charge in [0.25, 0.3) is 0 Å². The number of aliphatic hydroxyl groups is 1. The predicted octanol–water partition coefficient (Wildman–Crippen LogP) is 1.23. The summed E-state index contributed by atoms with van der Waals surface area (Å²) < 4.78 is 32.5. The molecule has 0 aliphatic heterocycles. The Bertz CT molecular complexity index is 763. The number of rotatable bonds is 3. The average molecular weight is 308 g/mol. The number of aromatic nitrogens is 1. The van der Waals surface area contributed by atoms with E-state index in [1.54, 1.807) is 13.8 Å². The van der Waals surface area contributed by atoms with Crippen LogP contribution in [0.3, 0.4) is 0 Å². The van der Waals surface area contributed by atoms with Gasteiger partial charge in [-0.1, -0.05) is 29.4 Å². The molecule has 0 amide bonds. The molecule has 1 aliphatic rings. The van der Waals surface area contributed by atoms with Gasteiger partial charge in [-0.3, -0.25) is 0 Å². The van der Waals surface area contributed by atoms with Crippen molar-refractivity contribution in [3.05, 3.63) is 46.8 Å². The van der Waals surface area contributed by atoms with Crippen molar-refractivity contribution in [2.75, 3.05) is 0 Å². The molecule has 1 heterocycles. The smallest absolute Gasteiger partial charge is 0.246 e. The molecule has 7 heteroatoms. The van der Waals surface area contributed by atoms with E-state index in [9.17, 15) is 13.5 Å². The van der Waals surface area contributed by atoms with Gasteiger partial charge < -0.3 is 9.63 Å². The molecule has 112 valence electrons. The lowest BCUT2D eigenvalue weighted by Crippen LogP contribution is -2.34.